The van der Waals surface area contributed by atoms with Crippen molar-refractivity contribution in [3.8, 4) is 11.5 Å². The van der Waals surface area contributed by atoms with Crippen LogP contribution in [-0.4, -0.2) is 41.6 Å². The number of nitrogens with zero attached hydrogens (tertiary/aromatic N) is 5. The van der Waals surface area contributed by atoms with E-state index in [-0.39, 0.29) is 24.1 Å². The van der Waals surface area contributed by atoms with E-state index in [2.05, 4.69) is 20.3 Å². The molecule has 11 heteroatoms. The van der Waals surface area contributed by atoms with Crippen molar-refractivity contribution in [3.05, 3.63) is 65.1 Å². The molecule has 2 N–H and O–H groups in total. The summed E-state index contributed by atoms with van der Waals surface area (Å²) in [6.07, 6.45) is 6.40. The van der Waals surface area contributed by atoms with Gasteiger partial charge in [0.05, 0.1) is 5.56 Å². The van der Waals surface area contributed by atoms with E-state index < -0.39 is 17.7 Å². The minimum absolute atomic E-state index is 0.0316. The molecule has 2 aliphatic rings. The maximum absolute atomic E-state index is 13.3. The number of fused-ring (bicyclic) bond motifs is 1. The Kier molecular flexibility index (Phi) is 7.59. The van der Waals surface area contributed by atoms with Gasteiger partial charge in [-0.25, -0.2) is 19.7 Å². The van der Waals surface area contributed by atoms with Crippen LogP contribution in [0.1, 0.15) is 91.5 Å². The average Bonchev–Trinajstić information content (AvgIpc) is 3.31. The van der Waals surface area contributed by atoms with Gasteiger partial charge in [0.25, 0.3) is 0 Å². The summed E-state index contributed by atoms with van der Waals surface area (Å²) in [5.74, 6) is 0.00712. The number of aromatic nitrogens is 5. The predicted molar refractivity (Wildman–Crippen MR) is 152 cm³/mol. The third-order valence-electron chi connectivity index (χ3n) is 8.73. The summed E-state index contributed by atoms with van der Waals surface area (Å²) in [5, 5.41) is 13.2. The Labute approximate surface area is 241 Å². The molecular formula is C31H33F3N6O2. The van der Waals surface area contributed by atoms with E-state index in [9.17, 15) is 23.1 Å². The van der Waals surface area contributed by atoms with Crippen LogP contribution >= 0.6 is 0 Å². The summed E-state index contributed by atoms with van der Waals surface area (Å²) in [5.41, 5.74) is 2.34. The smallest absolute Gasteiger partial charge is 0.416 e. The molecule has 4 aromatic rings. The molecule has 0 amide bonds. The number of imidazole rings is 1. The Morgan fingerprint density at radius 3 is 2.40 bits per heavy atom. The Balaban J connectivity index is 1.49. The van der Waals surface area contributed by atoms with Gasteiger partial charge in [0.2, 0.25) is 5.82 Å². The van der Waals surface area contributed by atoms with E-state index in [4.69, 9.17) is 4.98 Å². The number of hydrogen-bond acceptors (Lipinski definition) is 6. The number of anilines is 1. The van der Waals surface area contributed by atoms with E-state index in [1.165, 1.54) is 37.0 Å². The van der Waals surface area contributed by atoms with Gasteiger partial charge in [-0.1, -0.05) is 37.8 Å². The van der Waals surface area contributed by atoms with Crippen LogP contribution in [0.25, 0.3) is 22.7 Å². The highest BCUT2D eigenvalue weighted by molar-refractivity contribution is 5.92. The SMILES string of the molecule is C[C@@H](Nc1nc(C(=O)O)nc2nc(-c3cc(C4CCCCC4)ccn3)n(Cc3ccc(C(F)(F)F)cc3)c12)C1CCC1. The highest BCUT2D eigenvalue weighted by Gasteiger charge is 2.31. The van der Waals surface area contributed by atoms with Crippen LogP contribution in [-0.2, 0) is 12.7 Å². The molecule has 0 aliphatic heterocycles. The molecule has 6 rings (SSSR count). The summed E-state index contributed by atoms with van der Waals surface area (Å²) in [4.78, 5) is 30.0. The number of benzene rings is 1. The molecular weight excluding hydrogens is 545 g/mol. The molecule has 220 valence electrons. The van der Waals surface area contributed by atoms with Crippen molar-refractivity contribution in [2.24, 2.45) is 5.92 Å². The fourth-order valence-corrected chi connectivity index (χ4v) is 6.10. The standard InChI is InChI=1S/C31H33F3N6O2/c1-18(20-8-5-9-20)36-26-25-27(38-28(37-26)30(41)42)39-29(24-16-22(14-15-35-24)21-6-3-2-4-7-21)40(25)17-19-10-12-23(13-11-19)31(32,33)34/h10-16,18,20-21H,2-9,17H2,1H3,(H,41,42)(H,36,37,38)/t18-/m1/s1. The lowest BCUT2D eigenvalue weighted by atomic mass is 9.80. The van der Waals surface area contributed by atoms with Crippen molar-refractivity contribution < 1.29 is 23.1 Å². The lowest BCUT2D eigenvalue weighted by molar-refractivity contribution is -0.137. The van der Waals surface area contributed by atoms with Gasteiger partial charge in [-0.2, -0.15) is 13.2 Å². The number of halogens is 3. The van der Waals surface area contributed by atoms with Gasteiger partial charge in [-0.05, 0) is 79.8 Å². The van der Waals surface area contributed by atoms with Gasteiger partial charge < -0.3 is 15.0 Å². The van der Waals surface area contributed by atoms with Crippen molar-refractivity contribution in [1.29, 1.82) is 0 Å². The van der Waals surface area contributed by atoms with Crippen molar-refractivity contribution in [2.75, 3.05) is 5.32 Å². The molecule has 0 saturated heterocycles. The summed E-state index contributed by atoms with van der Waals surface area (Å²) in [6, 6.07) is 9.10. The summed E-state index contributed by atoms with van der Waals surface area (Å²) in [6.45, 7) is 2.21. The third-order valence-corrected chi connectivity index (χ3v) is 8.73. The summed E-state index contributed by atoms with van der Waals surface area (Å²) >= 11 is 0. The number of rotatable bonds is 8. The number of carboxylic acids is 1. The predicted octanol–water partition coefficient (Wildman–Crippen LogP) is 7.30. The van der Waals surface area contributed by atoms with Crippen LogP contribution in [0.15, 0.2) is 42.6 Å². The topological polar surface area (TPSA) is 106 Å². The molecule has 3 aromatic heterocycles. The molecule has 42 heavy (non-hydrogen) atoms. The van der Waals surface area contributed by atoms with E-state index in [1.807, 2.05) is 23.6 Å². The fourth-order valence-electron chi connectivity index (χ4n) is 6.10. The molecule has 0 unspecified atom stereocenters. The van der Waals surface area contributed by atoms with Gasteiger partial charge in [0, 0.05) is 18.8 Å². The number of nitrogens with one attached hydrogen (secondary N) is 1. The number of carbonyl (C=O) groups is 1. The number of alkyl halides is 3. The first kappa shape index (κ1) is 28.1. The van der Waals surface area contributed by atoms with Gasteiger partial charge in [-0.15, -0.1) is 0 Å². The van der Waals surface area contributed by atoms with Gasteiger partial charge >= 0.3 is 12.1 Å². The van der Waals surface area contributed by atoms with Crippen LogP contribution in [0.4, 0.5) is 19.0 Å². The minimum Gasteiger partial charge on any atom is -0.475 e. The second-order valence-corrected chi connectivity index (χ2v) is 11.5. The highest BCUT2D eigenvalue weighted by atomic mass is 19.4. The largest absolute Gasteiger partial charge is 0.475 e. The molecule has 1 atom stereocenters. The first-order valence-electron chi connectivity index (χ1n) is 14.6. The van der Waals surface area contributed by atoms with E-state index in [1.54, 1.807) is 6.20 Å². The second-order valence-electron chi connectivity index (χ2n) is 11.5. The highest BCUT2D eigenvalue weighted by Crippen LogP contribution is 2.36. The Morgan fingerprint density at radius 2 is 1.76 bits per heavy atom. The lowest BCUT2D eigenvalue weighted by Gasteiger charge is -2.32. The van der Waals surface area contributed by atoms with Crippen LogP contribution in [0, 0.1) is 5.92 Å². The fraction of sp³-hybridized carbons (Fsp3) is 0.452. The Hall–Kier alpha value is -4.02. The molecule has 8 nitrogen and oxygen atoms in total. The molecule has 2 aliphatic carbocycles. The number of pyridine rings is 1. The lowest BCUT2D eigenvalue weighted by Crippen LogP contribution is -2.31. The van der Waals surface area contributed by atoms with Gasteiger partial charge in [0.15, 0.2) is 17.3 Å². The molecule has 2 saturated carbocycles. The van der Waals surface area contributed by atoms with Crippen molar-refractivity contribution in [3.63, 3.8) is 0 Å². The van der Waals surface area contributed by atoms with Crippen LogP contribution in [0.3, 0.4) is 0 Å². The molecule has 2 fully saturated rings. The van der Waals surface area contributed by atoms with Crippen molar-refractivity contribution in [2.45, 2.75) is 83.0 Å². The van der Waals surface area contributed by atoms with E-state index in [0.717, 1.165) is 44.2 Å². The molecule has 0 bridgehead atoms. The first-order chi connectivity index (χ1) is 20.2. The zero-order chi connectivity index (χ0) is 29.4. The molecule has 0 spiro atoms. The van der Waals surface area contributed by atoms with Crippen molar-refractivity contribution in [1.82, 2.24) is 24.5 Å². The second kappa shape index (κ2) is 11.3. The summed E-state index contributed by atoms with van der Waals surface area (Å²) in [7, 11) is 0. The maximum Gasteiger partial charge on any atom is 0.416 e. The zero-order valence-electron chi connectivity index (χ0n) is 23.4. The number of carboxylic acid groups (broad SMARTS) is 1. The zero-order valence-corrected chi connectivity index (χ0v) is 23.4. The third kappa shape index (κ3) is 5.69. The molecule has 3 heterocycles. The normalized spacial score (nSPS) is 17.2. The van der Waals surface area contributed by atoms with E-state index in [0.29, 0.717) is 40.3 Å². The Bertz CT molecular complexity index is 1590. The average molecular weight is 579 g/mol. The van der Waals surface area contributed by atoms with E-state index >= 15 is 0 Å². The van der Waals surface area contributed by atoms with Crippen molar-refractivity contribution >= 4 is 23.0 Å². The molecule has 0 radical (unpaired) electrons. The molecule has 1 aromatic carbocycles. The monoisotopic (exact) mass is 578 g/mol. The van der Waals surface area contributed by atoms with Crippen LogP contribution in [0.5, 0.6) is 0 Å². The van der Waals surface area contributed by atoms with Gasteiger partial charge in [0.1, 0.15) is 11.2 Å². The number of aromatic carboxylic acids is 1. The minimum atomic E-state index is -4.44. The van der Waals surface area contributed by atoms with Crippen LogP contribution in [0.2, 0.25) is 0 Å². The maximum atomic E-state index is 13.3. The first-order valence-corrected chi connectivity index (χ1v) is 14.6. The summed E-state index contributed by atoms with van der Waals surface area (Å²) < 4.78 is 41.6. The number of hydrogen-bond donors (Lipinski definition) is 2. The van der Waals surface area contributed by atoms with Crippen LogP contribution < -0.4 is 5.32 Å². The van der Waals surface area contributed by atoms with Gasteiger partial charge in [-0.3, -0.25) is 4.98 Å². The quantitative estimate of drug-likeness (QED) is 0.226. The Morgan fingerprint density at radius 1 is 1.02 bits per heavy atom.